The highest BCUT2D eigenvalue weighted by atomic mass is 16.6. The molecule has 0 spiro atoms. The van der Waals surface area contributed by atoms with Crippen molar-refractivity contribution in [2.24, 2.45) is 0 Å². The van der Waals surface area contributed by atoms with E-state index in [9.17, 15) is 10.1 Å². The number of nitrogens with zero attached hydrogens (tertiary/aromatic N) is 2. The summed E-state index contributed by atoms with van der Waals surface area (Å²) in [5.74, 6) is 0.135. The van der Waals surface area contributed by atoms with E-state index in [0.717, 1.165) is 37.2 Å². The zero-order chi connectivity index (χ0) is 13.1. The Bertz CT molecular complexity index is 460. The molecule has 0 amide bonds. The molecule has 6 nitrogen and oxygen atoms in total. The molecule has 1 aliphatic rings. The molecule has 2 heterocycles. The Kier molecular flexibility index (Phi) is 3.76. The van der Waals surface area contributed by atoms with Gasteiger partial charge in [-0.25, -0.2) is 4.98 Å². The first-order valence-electron chi connectivity index (χ1n) is 6.12. The van der Waals surface area contributed by atoms with Crippen LogP contribution in [0.4, 0.5) is 5.69 Å². The lowest BCUT2D eigenvalue weighted by Crippen LogP contribution is -2.16. The van der Waals surface area contributed by atoms with E-state index in [0.29, 0.717) is 0 Å². The minimum absolute atomic E-state index is 0.0376. The summed E-state index contributed by atoms with van der Waals surface area (Å²) in [5, 5.41) is 14.3. The molecule has 18 heavy (non-hydrogen) atoms. The molecule has 0 bridgehead atoms. The summed E-state index contributed by atoms with van der Waals surface area (Å²) in [5.41, 5.74) is 1.81. The summed E-state index contributed by atoms with van der Waals surface area (Å²) < 4.78 is 5.44. The Morgan fingerprint density at radius 1 is 1.44 bits per heavy atom. The smallest absolute Gasteiger partial charge is 0.331 e. The Labute approximate surface area is 106 Å². The molecular formula is C12H17N3O3. The van der Waals surface area contributed by atoms with E-state index in [-0.39, 0.29) is 17.7 Å². The highest BCUT2D eigenvalue weighted by Gasteiger charge is 2.22. The summed E-state index contributed by atoms with van der Waals surface area (Å²) >= 11 is 0. The average Bonchev–Trinajstić information content (AvgIpc) is 2.51. The van der Waals surface area contributed by atoms with Crippen molar-refractivity contribution in [2.75, 3.05) is 13.1 Å². The van der Waals surface area contributed by atoms with Gasteiger partial charge in [0.1, 0.15) is 0 Å². The number of ether oxygens (including phenoxy) is 1. The monoisotopic (exact) mass is 251 g/mol. The first kappa shape index (κ1) is 12.8. The van der Waals surface area contributed by atoms with Crippen molar-refractivity contribution in [2.45, 2.75) is 32.8 Å². The molecule has 1 aliphatic heterocycles. The first-order valence-corrected chi connectivity index (χ1v) is 6.12. The summed E-state index contributed by atoms with van der Waals surface area (Å²) in [6.07, 6.45) is 1.42. The molecule has 1 aromatic rings. The molecule has 0 aromatic carbocycles. The van der Waals surface area contributed by atoms with E-state index in [1.54, 1.807) is 6.07 Å². The fourth-order valence-corrected chi connectivity index (χ4v) is 1.99. The fraction of sp³-hybridized carbons (Fsp3) is 0.583. The Morgan fingerprint density at radius 2 is 2.17 bits per heavy atom. The summed E-state index contributed by atoms with van der Waals surface area (Å²) in [6, 6.07) is 1.60. The van der Waals surface area contributed by atoms with Gasteiger partial charge < -0.3 is 10.1 Å². The minimum atomic E-state index is -0.427. The van der Waals surface area contributed by atoms with Crippen LogP contribution in [0.5, 0.6) is 5.88 Å². The molecule has 0 aliphatic carbocycles. The standard InChI is InChI=1S/C12H17N3O3/c1-8(2)18-12-11(15(16)17)7-9-3-5-13-6-4-10(9)14-12/h7-8,13H,3-6H2,1-2H3. The van der Waals surface area contributed by atoms with Crippen molar-refractivity contribution in [3.8, 4) is 5.88 Å². The summed E-state index contributed by atoms with van der Waals surface area (Å²) in [6.45, 7) is 5.34. The van der Waals surface area contributed by atoms with Crippen molar-refractivity contribution in [3.63, 3.8) is 0 Å². The van der Waals surface area contributed by atoms with Crippen LogP contribution in [0, 0.1) is 10.1 Å². The van der Waals surface area contributed by atoms with Gasteiger partial charge in [-0.3, -0.25) is 10.1 Å². The predicted octanol–water partition coefficient (Wildman–Crippen LogP) is 1.47. The lowest BCUT2D eigenvalue weighted by atomic mass is 10.1. The first-order chi connectivity index (χ1) is 8.58. The van der Waals surface area contributed by atoms with Crippen LogP contribution in [0.25, 0.3) is 0 Å². The molecule has 1 N–H and O–H groups in total. The van der Waals surface area contributed by atoms with Crippen LogP contribution < -0.4 is 10.1 Å². The SMILES string of the molecule is CC(C)Oc1nc2c(cc1[N+](=O)[O-])CCNCC2. The van der Waals surface area contributed by atoms with Crippen LogP contribution in [0.2, 0.25) is 0 Å². The van der Waals surface area contributed by atoms with Gasteiger partial charge in [-0.2, -0.15) is 0 Å². The van der Waals surface area contributed by atoms with Crippen molar-refractivity contribution < 1.29 is 9.66 Å². The molecular weight excluding hydrogens is 234 g/mol. The zero-order valence-electron chi connectivity index (χ0n) is 10.6. The molecule has 1 aromatic heterocycles. The van der Waals surface area contributed by atoms with Crippen molar-refractivity contribution in [1.29, 1.82) is 0 Å². The van der Waals surface area contributed by atoms with Crippen molar-refractivity contribution >= 4 is 5.69 Å². The fourth-order valence-electron chi connectivity index (χ4n) is 1.99. The highest BCUT2D eigenvalue weighted by Crippen LogP contribution is 2.29. The number of aromatic nitrogens is 1. The molecule has 2 rings (SSSR count). The number of nitro groups is 1. The van der Waals surface area contributed by atoms with Crippen LogP contribution >= 0.6 is 0 Å². The Hall–Kier alpha value is -1.69. The topological polar surface area (TPSA) is 77.3 Å². The number of hydrogen-bond acceptors (Lipinski definition) is 5. The molecule has 0 fully saturated rings. The van der Waals surface area contributed by atoms with E-state index in [2.05, 4.69) is 10.3 Å². The van der Waals surface area contributed by atoms with Crippen LogP contribution in [0.3, 0.4) is 0 Å². The maximum atomic E-state index is 11.0. The summed E-state index contributed by atoms with van der Waals surface area (Å²) in [4.78, 5) is 14.9. The molecule has 0 saturated carbocycles. The van der Waals surface area contributed by atoms with Crippen LogP contribution in [-0.4, -0.2) is 29.1 Å². The summed E-state index contributed by atoms with van der Waals surface area (Å²) in [7, 11) is 0. The molecule has 0 atom stereocenters. The van der Waals surface area contributed by atoms with E-state index in [1.165, 1.54) is 0 Å². The molecule has 0 saturated heterocycles. The maximum Gasteiger partial charge on any atom is 0.331 e. The predicted molar refractivity (Wildman–Crippen MR) is 66.9 cm³/mol. The van der Waals surface area contributed by atoms with Crippen molar-refractivity contribution in [3.05, 3.63) is 27.4 Å². The number of rotatable bonds is 3. The van der Waals surface area contributed by atoms with Crippen molar-refractivity contribution in [1.82, 2.24) is 10.3 Å². The van der Waals surface area contributed by atoms with Gasteiger partial charge in [-0.05, 0) is 32.4 Å². The zero-order valence-corrected chi connectivity index (χ0v) is 10.6. The molecule has 0 unspecified atom stereocenters. The van der Waals surface area contributed by atoms with Gasteiger partial charge in [0.15, 0.2) is 0 Å². The van der Waals surface area contributed by atoms with Crippen LogP contribution in [-0.2, 0) is 12.8 Å². The lowest BCUT2D eigenvalue weighted by Gasteiger charge is -2.12. The van der Waals surface area contributed by atoms with E-state index in [4.69, 9.17) is 4.74 Å². The second kappa shape index (κ2) is 5.30. The molecule has 0 radical (unpaired) electrons. The van der Waals surface area contributed by atoms with E-state index in [1.807, 2.05) is 13.8 Å². The average molecular weight is 251 g/mol. The third kappa shape index (κ3) is 2.76. The number of hydrogen-bond donors (Lipinski definition) is 1. The largest absolute Gasteiger partial charge is 0.470 e. The maximum absolute atomic E-state index is 11.0. The quantitative estimate of drug-likeness (QED) is 0.650. The highest BCUT2D eigenvalue weighted by molar-refractivity contribution is 5.46. The lowest BCUT2D eigenvalue weighted by molar-refractivity contribution is -0.386. The number of nitrogens with one attached hydrogen (secondary N) is 1. The van der Waals surface area contributed by atoms with Gasteiger partial charge in [0, 0.05) is 24.7 Å². The van der Waals surface area contributed by atoms with Crippen LogP contribution in [0.15, 0.2) is 6.07 Å². The molecule has 98 valence electrons. The second-order valence-electron chi connectivity index (χ2n) is 4.59. The third-order valence-corrected chi connectivity index (χ3v) is 2.79. The van der Waals surface area contributed by atoms with E-state index < -0.39 is 4.92 Å². The van der Waals surface area contributed by atoms with Gasteiger partial charge in [0.2, 0.25) is 0 Å². The van der Waals surface area contributed by atoms with Crippen LogP contribution in [0.1, 0.15) is 25.1 Å². The number of fused-ring (bicyclic) bond motifs is 1. The third-order valence-electron chi connectivity index (χ3n) is 2.79. The van der Waals surface area contributed by atoms with Gasteiger partial charge >= 0.3 is 5.69 Å². The number of pyridine rings is 1. The van der Waals surface area contributed by atoms with Gasteiger partial charge in [0.05, 0.1) is 11.0 Å². The van der Waals surface area contributed by atoms with Gasteiger partial charge in [-0.1, -0.05) is 0 Å². The minimum Gasteiger partial charge on any atom is -0.470 e. The Balaban J connectivity index is 2.44. The Morgan fingerprint density at radius 3 is 2.83 bits per heavy atom. The second-order valence-corrected chi connectivity index (χ2v) is 4.59. The van der Waals surface area contributed by atoms with Gasteiger partial charge in [0.25, 0.3) is 5.88 Å². The normalized spacial score (nSPS) is 15.1. The molecule has 6 heteroatoms. The van der Waals surface area contributed by atoms with Gasteiger partial charge in [-0.15, -0.1) is 0 Å². The van der Waals surface area contributed by atoms with E-state index >= 15 is 0 Å².